The van der Waals surface area contributed by atoms with Crippen LogP contribution in [0.25, 0.3) is 11.3 Å². The molecule has 1 aromatic heterocycles. The van der Waals surface area contributed by atoms with Crippen LogP contribution < -0.4 is 4.74 Å². The van der Waals surface area contributed by atoms with Crippen molar-refractivity contribution in [3.05, 3.63) is 34.8 Å². The quantitative estimate of drug-likeness (QED) is 0.837. The van der Waals surface area contributed by atoms with Gasteiger partial charge in [0.15, 0.2) is 0 Å². The topological polar surface area (TPSA) is 35.3 Å². The summed E-state index contributed by atoms with van der Waals surface area (Å²) in [5.74, 6) is 1.56. The van der Waals surface area contributed by atoms with Gasteiger partial charge in [0.05, 0.1) is 7.11 Å². The fraction of sp³-hybridized carbons (Fsp3) is 0.182. The number of rotatable bonds is 2. The fourth-order valence-electron chi connectivity index (χ4n) is 1.45. The Bertz CT molecular complexity index is 479. The SMILES string of the molecule is COc1ccccc1-c1nc(Br)oc1C. The molecule has 0 amide bonds. The highest BCUT2D eigenvalue weighted by Crippen LogP contribution is 2.32. The molecule has 1 heterocycles. The maximum atomic E-state index is 5.32. The van der Waals surface area contributed by atoms with Crippen molar-refractivity contribution < 1.29 is 9.15 Å². The Hall–Kier alpha value is -1.29. The van der Waals surface area contributed by atoms with Gasteiger partial charge in [-0.15, -0.1) is 0 Å². The second kappa shape index (κ2) is 4.06. The maximum absolute atomic E-state index is 5.32. The molecule has 0 spiro atoms. The zero-order chi connectivity index (χ0) is 10.8. The van der Waals surface area contributed by atoms with Gasteiger partial charge >= 0.3 is 0 Å². The molecular weight excluding hydrogens is 258 g/mol. The lowest BCUT2D eigenvalue weighted by atomic mass is 10.1. The van der Waals surface area contributed by atoms with E-state index in [0.717, 1.165) is 22.8 Å². The minimum atomic E-state index is 0.487. The standard InChI is InChI=1S/C11H10BrNO2/c1-7-10(13-11(12)15-7)8-5-3-4-6-9(8)14-2/h3-6H,1-2H3. The van der Waals surface area contributed by atoms with Crippen molar-refractivity contribution in [3.8, 4) is 17.0 Å². The molecule has 15 heavy (non-hydrogen) atoms. The van der Waals surface area contributed by atoms with Gasteiger partial charge in [0.1, 0.15) is 17.2 Å². The molecule has 3 nitrogen and oxygen atoms in total. The number of para-hydroxylation sites is 1. The van der Waals surface area contributed by atoms with Gasteiger partial charge in [-0.25, -0.2) is 4.98 Å². The summed E-state index contributed by atoms with van der Waals surface area (Å²) in [6.45, 7) is 1.87. The Labute approximate surface area is 96.2 Å². The van der Waals surface area contributed by atoms with Crippen LogP contribution in [0.4, 0.5) is 0 Å². The molecule has 0 atom stereocenters. The molecule has 0 saturated heterocycles. The largest absolute Gasteiger partial charge is 0.496 e. The molecule has 0 N–H and O–H groups in total. The van der Waals surface area contributed by atoms with Crippen molar-refractivity contribution in [2.75, 3.05) is 7.11 Å². The Balaban J connectivity index is 2.58. The first-order chi connectivity index (χ1) is 7.22. The highest BCUT2D eigenvalue weighted by Gasteiger charge is 2.13. The van der Waals surface area contributed by atoms with E-state index in [1.54, 1.807) is 7.11 Å². The predicted octanol–water partition coefficient (Wildman–Crippen LogP) is 3.42. The van der Waals surface area contributed by atoms with Crippen molar-refractivity contribution >= 4 is 15.9 Å². The van der Waals surface area contributed by atoms with Crippen molar-refractivity contribution in [1.82, 2.24) is 4.98 Å². The average Bonchev–Trinajstić information content (AvgIpc) is 2.57. The van der Waals surface area contributed by atoms with Gasteiger partial charge in [-0.05, 0) is 19.1 Å². The maximum Gasteiger partial charge on any atom is 0.264 e. The summed E-state index contributed by atoms with van der Waals surface area (Å²) in [5, 5.41) is 0. The number of methoxy groups -OCH3 is 1. The van der Waals surface area contributed by atoms with Crippen LogP contribution in [0.15, 0.2) is 33.5 Å². The zero-order valence-corrected chi connectivity index (χ0v) is 10.0. The number of ether oxygens (including phenoxy) is 1. The summed E-state index contributed by atoms with van der Waals surface area (Å²) in [5.41, 5.74) is 1.74. The predicted molar refractivity (Wildman–Crippen MR) is 60.9 cm³/mol. The summed E-state index contributed by atoms with van der Waals surface area (Å²) in [7, 11) is 1.64. The van der Waals surface area contributed by atoms with Crippen LogP contribution in [0, 0.1) is 6.92 Å². The number of oxazole rings is 1. The lowest BCUT2D eigenvalue weighted by Gasteiger charge is -2.05. The van der Waals surface area contributed by atoms with Crippen molar-refractivity contribution in [1.29, 1.82) is 0 Å². The van der Waals surface area contributed by atoms with Crippen molar-refractivity contribution in [2.45, 2.75) is 6.92 Å². The minimum absolute atomic E-state index is 0.487. The number of aryl methyl sites for hydroxylation is 1. The smallest absolute Gasteiger partial charge is 0.264 e. The summed E-state index contributed by atoms with van der Waals surface area (Å²) < 4.78 is 10.6. The van der Waals surface area contributed by atoms with E-state index in [4.69, 9.17) is 9.15 Å². The summed E-state index contributed by atoms with van der Waals surface area (Å²) in [6, 6.07) is 7.72. The second-order valence-corrected chi connectivity index (χ2v) is 3.75. The number of benzene rings is 1. The lowest BCUT2D eigenvalue weighted by Crippen LogP contribution is -1.88. The molecule has 0 bridgehead atoms. The number of nitrogens with zero attached hydrogens (tertiary/aromatic N) is 1. The lowest BCUT2D eigenvalue weighted by molar-refractivity contribution is 0.416. The molecule has 0 aliphatic rings. The van der Waals surface area contributed by atoms with Gasteiger partial charge in [-0.1, -0.05) is 12.1 Å². The molecule has 0 aliphatic carbocycles. The van der Waals surface area contributed by atoms with Crippen molar-refractivity contribution in [2.24, 2.45) is 0 Å². The van der Waals surface area contributed by atoms with Gasteiger partial charge in [0.2, 0.25) is 0 Å². The van der Waals surface area contributed by atoms with Crippen LogP contribution in [0.1, 0.15) is 5.76 Å². The summed E-state index contributed by atoms with van der Waals surface area (Å²) in [6.07, 6.45) is 0. The van der Waals surface area contributed by atoms with Crippen LogP contribution in [0.2, 0.25) is 0 Å². The van der Waals surface area contributed by atoms with Crippen LogP contribution in [0.5, 0.6) is 5.75 Å². The van der Waals surface area contributed by atoms with Crippen LogP contribution >= 0.6 is 15.9 Å². The molecule has 0 saturated carbocycles. The first-order valence-electron chi connectivity index (χ1n) is 4.48. The van der Waals surface area contributed by atoms with Crippen LogP contribution in [-0.2, 0) is 0 Å². The second-order valence-electron chi connectivity index (χ2n) is 3.07. The molecule has 1 aromatic carbocycles. The third-order valence-corrected chi connectivity index (χ3v) is 2.47. The molecule has 0 fully saturated rings. The monoisotopic (exact) mass is 267 g/mol. The van der Waals surface area contributed by atoms with Gasteiger partial charge in [-0.3, -0.25) is 0 Å². The highest BCUT2D eigenvalue weighted by molar-refractivity contribution is 9.10. The first-order valence-corrected chi connectivity index (χ1v) is 5.28. The molecule has 0 aliphatic heterocycles. The Kier molecular flexibility index (Phi) is 2.77. The van der Waals surface area contributed by atoms with E-state index >= 15 is 0 Å². The molecular formula is C11H10BrNO2. The Morgan fingerprint density at radius 1 is 1.33 bits per heavy atom. The number of aromatic nitrogens is 1. The van der Waals surface area contributed by atoms with Crippen LogP contribution in [0.3, 0.4) is 0 Å². The van der Waals surface area contributed by atoms with E-state index < -0.39 is 0 Å². The van der Waals surface area contributed by atoms with Gasteiger partial charge < -0.3 is 9.15 Å². The van der Waals surface area contributed by atoms with Gasteiger partial charge in [-0.2, -0.15) is 0 Å². The number of halogens is 1. The molecule has 4 heteroatoms. The van der Waals surface area contributed by atoms with E-state index in [2.05, 4.69) is 20.9 Å². The Morgan fingerprint density at radius 3 is 2.67 bits per heavy atom. The number of hydrogen-bond acceptors (Lipinski definition) is 3. The third-order valence-electron chi connectivity index (χ3n) is 2.13. The van der Waals surface area contributed by atoms with Crippen LogP contribution in [-0.4, -0.2) is 12.1 Å². The molecule has 2 aromatic rings. The van der Waals surface area contributed by atoms with Gasteiger partial charge in [0, 0.05) is 21.5 Å². The van der Waals surface area contributed by atoms with E-state index in [0.29, 0.717) is 4.80 Å². The average molecular weight is 268 g/mol. The van der Waals surface area contributed by atoms with E-state index in [1.807, 2.05) is 31.2 Å². The minimum Gasteiger partial charge on any atom is -0.496 e. The molecule has 0 unspecified atom stereocenters. The molecule has 0 radical (unpaired) electrons. The van der Waals surface area contributed by atoms with Gasteiger partial charge in [0.25, 0.3) is 4.80 Å². The highest BCUT2D eigenvalue weighted by atomic mass is 79.9. The molecule has 78 valence electrons. The van der Waals surface area contributed by atoms with E-state index in [1.165, 1.54) is 0 Å². The summed E-state index contributed by atoms with van der Waals surface area (Å²) in [4.78, 5) is 4.75. The first kappa shape index (κ1) is 10.2. The third kappa shape index (κ3) is 1.90. The zero-order valence-electron chi connectivity index (χ0n) is 8.45. The Morgan fingerprint density at radius 2 is 2.07 bits per heavy atom. The number of hydrogen-bond donors (Lipinski definition) is 0. The van der Waals surface area contributed by atoms with E-state index in [9.17, 15) is 0 Å². The molecule has 2 rings (SSSR count). The normalized spacial score (nSPS) is 10.3. The fourth-order valence-corrected chi connectivity index (χ4v) is 1.87. The summed E-state index contributed by atoms with van der Waals surface area (Å²) >= 11 is 3.21. The van der Waals surface area contributed by atoms with E-state index in [-0.39, 0.29) is 0 Å². The van der Waals surface area contributed by atoms with Crippen molar-refractivity contribution in [3.63, 3.8) is 0 Å².